The molecular weight excluding hydrogens is 438 g/mol. The van der Waals surface area contributed by atoms with Crippen molar-refractivity contribution in [2.24, 2.45) is 0 Å². The normalized spacial score (nSPS) is 15.2. The first-order valence-electron chi connectivity index (χ1n) is 12.0. The molecule has 1 fully saturated rings. The van der Waals surface area contributed by atoms with Gasteiger partial charge in [0.25, 0.3) is 5.91 Å². The molecule has 0 saturated carbocycles. The Balaban J connectivity index is 1.22. The Labute approximate surface area is 205 Å². The molecule has 35 heavy (non-hydrogen) atoms. The molecular formula is C28H29N5O2. The van der Waals surface area contributed by atoms with Gasteiger partial charge in [0.2, 0.25) is 11.7 Å². The summed E-state index contributed by atoms with van der Waals surface area (Å²) >= 11 is 0. The van der Waals surface area contributed by atoms with E-state index in [9.17, 15) is 4.79 Å². The molecule has 5 rings (SSSR count). The zero-order valence-electron chi connectivity index (χ0n) is 20.3. The van der Waals surface area contributed by atoms with Crippen molar-refractivity contribution in [2.75, 3.05) is 26.2 Å². The third kappa shape index (κ3) is 4.86. The molecule has 1 atom stereocenters. The van der Waals surface area contributed by atoms with Crippen LogP contribution < -0.4 is 0 Å². The van der Waals surface area contributed by atoms with Crippen LogP contribution in [0.5, 0.6) is 0 Å². The fraction of sp³-hybridized carbons (Fsp3) is 0.286. The highest BCUT2D eigenvalue weighted by molar-refractivity contribution is 5.95. The van der Waals surface area contributed by atoms with Crippen LogP contribution in [0.15, 0.2) is 71.3 Å². The molecule has 178 valence electrons. The minimum Gasteiger partial charge on any atom is -0.337 e. The van der Waals surface area contributed by atoms with E-state index in [4.69, 9.17) is 4.52 Å². The molecule has 0 N–H and O–H groups in total. The van der Waals surface area contributed by atoms with Crippen molar-refractivity contribution in [3.63, 3.8) is 0 Å². The van der Waals surface area contributed by atoms with Crippen molar-refractivity contribution >= 4 is 5.91 Å². The largest absolute Gasteiger partial charge is 0.337 e. The second kappa shape index (κ2) is 9.80. The van der Waals surface area contributed by atoms with Gasteiger partial charge in [0, 0.05) is 37.3 Å². The van der Waals surface area contributed by atoms with E-state index < -0.39 is 0 Å². The highest BCUT2D eigenvalue weighted by Crippen LogP contribution is 2.25. The molecule has 1 aliphatic heterocycles. The summed E-state index contributed by atoms with van der Waals surface area (Å²) in [6, 6.07) is 21.9. The number of benzene rings is 2. The molecule has 2 aromatic heterocycles. The van der Waals surface area contributed by atoms with Crippen LogP contribution in [0.4, 0.5) is 0 Å². The van der Waals surface area contributed by atoms with Crippen LogP contribution in [0.1, 0.15) is 40.5 Å². The van der Waals surface area contributed by atoms with Crippen molar-refractivity contribution in [1.29, 1.82) is 0 Å². The molecule has 0 spiro atoms. The Hall–Kier alpha value is -3.84. The van der Waals surface area contributed by atoms with Crippen molar-refractivity contribution in [3.05, 3.63) is 89.4 Å². The molecule has 4 aromatic rings. The van der Waals surface area contributed by atoms with Crippen LogP contribution in [0.2, 0.25) is 0 Å². The fourth-order valence-electron chi connectivity index (χ4n) is 4.42. The van der Waals surface area contributed by atoms with Gasteiger partial charge in [-0.3, -0.25) is 14.7 Å². The SMILES string of the molecule is Cc1ccc(-c2noc(C(C)N3CCN(C(=O)c4ccc(-c5ccccc5)nc4C)CC3)n2)cc1. The van der Waals surface area contributed by atoms with Gasteiger partial charge in [-0.25, -0.2) is 0 Å². The maximum Gasteiger partial charge on any atom is 0.255 e. The number of carbonyl (C=O) groups excluding carboxylic acids is 1. The van der Waals surface area contributed by atoms with E-state index in [1.807, 2.05) is 78.6 Å². The molecule has 7 heteroatoms. The number of amides is 1. The van der Waals surface area contributed by atoms with E-state index in [1.54, 1.807) is 0 Å². The lowest BCUT2D eigenvalue weighted by atomic mass is 10.1. The monoisotopic (exact) mass is 467 g/mol. The van der Waals surface area contributed by atoms with Crippen LogP contribution in [0.25, 0.3) is 22.6 Å². The number of carbonyl (C=O) groups is 1. The molecule has 7 nitrogen and oxygen atoms in total. The molecule has 2 aromatic carbocycles. The minimum atomic E-state index is -0.0208. The Morgan fingerprint density at radius 2 is 1.57 bits per heavy atom. The number of hydrogen-bond donors (Lipinski definition) is 0. The van der Waals surface area contributed by atoms with Crippen molar-refractivity contribution in [2.45, 2.75) is 26.8 Å². The van der Waals surface area contributed by atoms with Gasteiger partial charge in [0.1, 0.15) is 0 Å². The predicted molar refractivity (Wildman–Crippen MR) is 135 cm³/mol. The average Bonchev–Trinajstić information content (AvgIpc) is 3.39. The lowest BCUT2D eigenvalue weighted by Gasteiger charge is -2.37. The smallest absolute Gasteiger partial charge is 0.255 e. The summed E-state index contributed by atoms with van der Waals surface area (Å²) in [5.74, 6) is 1.22. The van der Waals surface area contributed by atoms with Crippen LogP contribution in [0, 0.1) is 13.8 Å². The quantitative estimate of drug-likeness (QED) is 0.414. The number of pyridine rings is 1. The number of aryl methyl sites for hydroxylation is 2. The van der Waals surface area contributed by atoms with Crippen LogP contribution in [-0.2, 0) is 0 Å². The third-order valence-corrected chi connectivity index (χ3v) is 6.64. The molecule has 1 saturated heterocycles. The molecule has 0 aliphatic carbocycles. The summed E-state index contributed by atoms with van der Waals surface area (Å²) in [5.41, 5.74) is 5.46. The van der Waals surface area contributed by atoms with E-state index in [0.29, 0.717) is 30.4 Å². The van der Waals surface area contributed by atoms with E-state index in [-0.39, 0.29) is 11.9 Å². The Kier molecular flexibility index (Phi) is 6.42. The predicted octanol–water partition coefficient (Wildman–Crippen LogP) is 4.93. The summed E-state index contributed by atoms with van der Waals surface area (Å²) in [7, 11) is 0. The third-order valence-electron chi connectivity index (χ3n) is 6.64. The first kappa shape index (κ1) is 22.9. The number of piperazine rings is 1. The lowest BCUT2D eigenvalue weighted by Crippen LogP contribution is -2.49. The zero-order valence-corrected chi connectivity index (χ0v) is 20.3. The number of nitrogens with zero attached hydrogens (tertiary/aromatic N) is 5. The zero-order chi connectivity index (χ0) is 24.4. The van der Waals surface area contributed by atoms with Crippen molar-refractivity contribution in [3.8, 4) is 22.6 Å². The Bertz CT molecular complexity index is 1310. The summed E-state index contributed by atoms with van der Waals surface area (Å²) in [6.07, 6.45) is 0. The van der Waals surface area contributed by atoms with Gasteiger partial charge in [-0.2, -0.15) is 4.98 Å². The van der Waals surface area contributed by atoms with Crippen LogP contribution in [-0.4, -0.2) is 57.0 Å². The molecule has 3 heterocycles. The van der Waals surface area contributed by atoms with Crippen LogP contribution in [0.3, 0.4) is 0 Å². The van der Waals surface area contributed by atoms with Gasteiger partial charge in [0.15, 0.2) is 0 Å². The van der Waals surface area contributed by atoms with E-state index in [0.717, 1.165) is 35.6 Å². The van der Waals surface area contributed by atoms with Crippen molar-refractivity contribution < 1.29 is 9.32 Å². The standard InChI is InChI=1S/C28H29N5O2/c1-19-9-11-23(12-10-19)26-30-27(35-31-26)21(3)32-15-17-33(18-16-32)28(34)24-13-14-25(29-20(24)2)22-7-5-4-6-8-22/h4-14,21H,15-18H2,1-3H3. The van der Waals surface area contributed by atoms with E-state index >= 15 is 0 Å². The molecule has 0 radical (unpaired) electrons. The first-order chi connectivity index (χ1) is 17.0. The second-order valence-corrected chi connectivity index (χ2v) is 9.02. The Morgan fingerprint density at radius 3 is 2.26 bits per heavy atom. The highest BCUT2D eigenvalue weighted by Gasteiger charge is 2.29. The van der Waals surface area contributed by atoms with E-state index in [1.165, 1.54) is 5.56 Å². The minimum absolute atomic E-state index is 0.0208. The van der Waals surface area contributed by atoms with Gasteiger partial charge < -0.3 is 9.42 Å². The maximum absolute atomic E-state index is 13.2. The summed E-state index contributed by atoms with van der Waals surface area (Å²) in [4.78, 5) is 26.7. The molecule has 1 unspecified atom stereocenters. The van der Waals surface area contributed by atoms with Gasteiger partial charge >= 0.3 is 0 Å². The van der Waals surface area contributed by atoms with Gasteiger partial charge in [-0.15, -0.1) is 0 Å². The average molecular weight is 468 g/mol. The van der Waals surface area contributed by atoms with E-state index in [2.05, 4.69) is 33.9 Å². The fourth-order valence-corrected chi connectivity index (χ4v) is 4.42. The topological polar surface area (TPSA) is 75.4 Å². The van der Waals surface area contributed by atoms with Gasteiger partial charge in [-0.05, 0) is 32.9 Å². The number of aromatic nitrogens is 3. The summed E-state index contributed by atoms with van der Waals surface area (Å²) in [6.45, 7) is 8.78. The highest BCUT2D eigenvalue weighted by atomic mass is 16.5. The molecule has 1 aliphatic rings. The van der Waals surface area contributed by atoms with Crippen LogP contribution >= 0.6 is 0 Å². The first-order valence-corrected chi connectivity index (χ1v) is 12.0. The number of hydrogen-bond acceptors (Lipinski definition) is 6. The van der Waals surface area contributed by atoms with Gasteiger partial charge in [-0.1, -0.05) is 65.3 Å². The maximum atomic E-state index is 13.2. The number of rotatable bonds is 5. The molecule has 0 bridgehead atoms. The summed E-state index contributed by atoms with van der Waals surface area (Å²) < 4.78 is 5.58. The summed E-state index contributed by atoms with van der Waals surface area (Å²) in [5, 5.41) is 4.17. The van der Waals surface area contributed by atoms with Crippen molar-refractivity contribution in [1.82, 2.24) is 24.9 Å². The Morgan fingerprint density at radius 1 is 0.857 bits per heavy atom. The lowest BCUT2D eigenvalue weighted by molar-refractivity contribution is 0.0550. The van der Waals surface area contributed by atoms with Gasteiger partial charge in [0.05, 0.1) is 23.0 Å². The molecule has 1 amide bonds. The second-order valence-electron chi connectivity index (χ2n) is 9.02.